The molecular weight excluding hydrogens is 326 g/mol. The lowest BCUT2D eigenvalue weighted by Gasteiger charge is -2.48. The van der Waals surface area contributed by atoms with Gasteiger partial charge in [0.2, 0.25) is 5.91 Å². The fourth-order valence-electron chi connectivity index (χ4n) is 4.26. The van der Waals surface area contributed by atoms with Crippen LogP contribution >= 0.6 is 0 Å². The molecule has 4 heterocycles. The highest BCUT2D eigenvalue weighted by Crippen LogP contribution is 2.40. The van der Waals surface area contributed by atoms with Crippen molar-refractivity contribution < 1.29 is 4.79 Å². The van der Waals surface area contributed by atoms with Gasteiger partial charge in [-0.3, -0.25) is 9.78 Å². The van der Waals surface area contributed by atoms with Crippen LogP contribution in [0.4, 0.5) is 5.82 Å². The van der Waals surface area contributed by atoms with Gasteiger partial charge < -0.3 is 9.80 Å². The number of likely N-dealkylation sites (tertiary alicyclic amines) is 1. The molecule has 0 aromatic carbocycles. The van der Waals surface area contributed by atoms with E-state index in [9.17, 15) is 4.79 Å². The fourth-order valence-corrected chi connectivity index (χ4v) is 4.26. The van der Waals surface area contributed by atoms with E-state index in [2.05, 4.69) is 26.1 Å². The van der Waals surface area contributed by atoms with Gasteiger partial charge in [-0.15, -0.1) is 5.10 Å². The Labute approximate surface area is 154 Å². The summed E-state index contributed by atoms with van der Waals surface area (Å²) in [4.78, 5) is 21.0. The van der Waals surface area contributed by atoms with Gasteiger partial charge in [0, 0.05) is 50.4 Å². The van der Waals surface area contributed by atoms with E-state index in [1.54, 1.807) is 6.20 Å². The van der Waals surface area contributed by atoms with Gasteiger partial charge in [-0.1, -0.05) is 6.07 Å². The van der Waals surface area contributed by atoms with Gasteiger partial charge in [-0.25, -0.2) is 0 Å². The Balaban J connectivity index is 1.49. The van der Waals surface area contributed by atoms with Crippen LogP contribution in [0.3, 0.4) is 0 Å². The molecule has 2 aromatic heterocycles. The van der Waals surface area contributed by atoms with Crippen LogP contribution < -0.4 is 4.90 Å². The summed E-state index contributed by atoms with van der Waals surface area (Å²) in [5, 5.41) is 8.58. The van der Waals surface area contributed by atoms with Gasteiger partial charge in [0.1, 0.15) is 0 Å². The Morgan fingerprint density at radius 3 is 2.85 bits per heavy atom. The van der Waals surface area contributed by atoms with Crippen LogP contribution in [0.5, 0.6) is 0 Å². The van der Waals surface area contributed by atoms with Crippen LogP contribution in [0.15, 0.2) is 36.7 Å². The molecule has 0 unspecified atom stereocenters. The minimum atomic E-state index is 0.154. The molecule has 2 fully saturated rings. The molecule has 2 aromatic rings. The first-order chi connectivity index (χ1) is 12.6. The summed E-state index contributed by atoms with van der Waals surface area (Å²) in [6.45, 7) is 5.38. The molecule has 1 amide bonds. The van der Waals surface area contributed by atoms with Gasteiger partial charge in [0.15, 0.2) is 5.82 Å². The average molecular weight is 351 g/mol. The zero-order valence-corrected chi connectivity index (χ0v) is 15.3. The Morgan fingerprint density at radius 2 is 2.08 bits per heavy atom. The standard InChI is InChI=1S/C20H25N5O/c1-16-5-6-18(23-22-16)24-11-3-8-20(14-24)9-7-19(26)25(15-20)13-17-4-2-10-21-12-17/h2,4-6,10,12H,3,7-9,11,13-15H2,1H3/t20-/m1/s1. The van der Waals surface area contributed by atoms with Crippen molar-refractivity contribution in [2.45, 2.75) is 39.2 Å². The summed E-state index contributed by atoms with van der Waals surface area (Å²) in [5.74, 6) is 1.21. The molecule has 2 aliphatic rings. The predicted octanol–water partition coefficient (Wildman–Crippen LogP) is 2.59. The Morgan fingerprint density at radius 1 is 1.15 bits per heavy atom. The molecular formula is C20H25N5O. The zero-order valence-electron chi connectivity index (χ0n) is 15.3. The van der Waals surface area contributed by atoms with Crippen LogP contribution in [-0.2, 0) is 11.3 Å². The zero-order chi connectivity index (χ0) is 18.0. The second-order valence-electron chi connectivity index (χ2n) is 7.67. The average Bonchev–Trinajstić information content (AvgIpc) is 2.67. The molecule has 0 radical (unpaired) electrons. The summed E-state index contributed by atoms with van der Waals surface area (Å²) in [6.07, 6.45) is 7.51. The van der Waals surface area contributed by atoms with E-state index >= 15 is 0 Å². The van der Waals surface area contributed by atoms with Gasteiger partial charge in [-0.2, -0.15) is 5.10 Å². The lowest BCUT2D eigenvalue weighted by Crippen LogP contribution is -2.54. The molecule has 136 valence electrons. The molecule has 4 rings (SSSR count). The number of carbonyl (C=O) groups excluding carboxylic acids is 1. The first-order valence-electron chi connectivity index (χ1n) is 9.36. The summed E-state index contributed by atoms with van der Waals surface area (Å²) >= 11 is 0. The van der Waals surface area contributed by atoms with Gasteiger partial charge in [0.05, 0.1) is 5.69 Å². The number of aryl methyl sites for hydroxylation is 1. The maximum Gasteiger partial charge on any atom is 0.222 e. The number of hydrogen-bond donors (Lipinski definition) is 0. The van der Waals surface area contributed by atoms with Crippen LogP contribution in [-0.4, -0.2) is 45.6 Å². The summed E-state index contributed by atoms with van der Waals surface area (Å²) in [7, 11) is 0. The van der Waals surface area contributed by atoms with Crippen LogP contribution in [0, 0.1) is 12.3 Å². The maximum atomic E-state index is 12.5. The number of aromatic nitrogens is 3. The number of amides is 1. The lowest BCUT2D eigenvalue weighted by atomic mass is 9.73. The van der Waals surface area contributed by atoms with E-state index in [0.29, 0.717) is 13.0 Å². The lowest BCUT2D eigenvalue weighted by molar-refractivity contribution is -0.138. The van der Waals surface area contributed by atoms with E-state index in [4.69, 9.17) is 0 Å². The molecule has 1 atom stereocenters. The highest BCUT2D eigenvalue weighted by Gasteiger charge is 2.42. The minimum Gasteiger partial charge on any atom is -0.355 e. The van der Waals surface area contributed by atoms with Crippen molar-refractivity contribution in [2.75, 3.05) is 24.5 Å². The van der Waals surface area contributed by atoms with E-state index in [1.807, 2.05) is 36.2 Å². The predicted molar refractivity (Wildman–Crippen MR) is 99.5 cm³/mol. The molecule has 0 saturated carbocycles. The molecule has 6 nitrogen and oxygen atoms in total. The van der Waals surface area contributed by atoms with Crippen LogP contribution in [0.25, 0.3) is 0 Å². The number of nitrogens with zero attached hydrogens (tertiary/aromatic N) is 5. The van der Waals surface area contributed by atoms with E-state index in [-0.39, 0.29) is 11.3 Å². The first-order valence-corrected chi connectivity index (χ1v) is 9.36. The highest BCUT2D eigenvalue weighted by atomic mass is 16.2. The van der Waals surface area contributed by atoms with E-state index < -0.39 is 0 Å². The second-order valence-corrected chi connectivity index (χ2v) is 7.67. The summed E-state index contributed by atoms with van der Waals surface area (Å²) < 4.78 is 0. The third-order valence-electron chi connectivity index (χ3n) is 5.61. The molecule has 0 N–H and O–H groups in total. The van der Waals surface area contributed by atoms with Crippen molar-refractivity contribution in [3.05, 3.63) is 47.9 Å². The van der Waals surface area contributed by atoms with Crippen molar-refractivity contribution in [1.82, 2.24) is 20.1 Å². The molecule has 1 spiro atoms. The van der Waals surface area contributed by atoms with Crippen LogP contribution in [0.2, 0.25) is 0 Å². The molecule has 2 aliphatic heterocycles. The Bertz CT molecular complexity index is 764. The van der Waals surface area contributed by atoms with Crippen LogP contribution in [0.1, 0.15) is 36.9 Å². The number of rotatable bonds is 3. The Hall–Kier alpha value is -2.50. The molecule has 6 heteroatoms. The quantitative estimate of drug-likeness (QED) is 0.850. The number of anilines is 1. The SMILES string of the molecule is Cc1ccc(N2CCC[C@@]3(CCC(=O)N(Cc4cccnc4)C3)C2)nn1. The van der Waals surface area contributed by atoms with Crippen molar-refractivity contribution in [2.24, 2.45) is 5.41 Å². The van der Waals surface area contributed by atoms with Crippen molar-refractivity contribution >= 4 is 11.7 Å². The molecule has 26 heavy (non-hydrogen) atoms. The summed E-state index contributed by atoms with van der Waals surface area (Å²) in [6, 6.07) is 8.04. The van der Waals surface area contributed by atoms with E-state index in [1.165, 1.54) is 6.42 Å². The second kappa shape index (κ2) is 7.02. The molecule has 0 aliphatic carbocycles. The fraction of sp³-hybridized carbons (Fsp3) is 0.500. The van der Waals surface area contributed by atoms with E-state index in [0.717, 1.165) is 49.6 Å². The smallest absolute Gasteiger partial charge is 0.222 e. The van der Waals surface area contributed by atoms with Crippen molar-refractivity contribution in [3.8, 4) is 0 Å². The van der Waals surface area contributed by atoms with Crippen molar-refractivity contribution in [3.63, 3.8) is 0 Å². The Kier molecular flexibility index (Phi) is 4.57. The third kappa shape index (κ3) is 3.54. The largest absolute Gasteiger partial charge is 0.355 e. The minimum absolute atomic E-state index is 0.154. The normalized spacial score (nSPS) is 23.5. The third-order valence-corrected chi connectivity index (χ3v) is 5.61. The number of piperidine rings is 2. The van der Waals surface area contributed by atoms with Gasteiger partial charge >= 0.3 is 0 Å². The highest BCUT2D eigenvalue weighted by molar-refractivity contribution is 5.77. The first kappa shape index (κ1) is 16.9. The maximum absolute atomic E-state index is 12.5. The number of pyridine rings is 1. The topological polar surface area (TPSA) is 62.2 Å². The molecule has 0 bridgehead atoms. The molecule has 2 saturated heterocycles. The van der Waals surface area contributed by atoms with Gasteiger partial charge in [0.25, 0.3) is 0 Å². The van der Waals surface area contributed by atoms with Crippen molar-refractivity contribution in [1.29, 1.82) is 0 Å². The summed E-state index contributed by atoms with van der Waals surface area (Å²) in [5.41, 5.74) is 2.18. The van der Waals surface area contributed by atoms with Gasteiger partial charge in [-0.05, 0) is 49.9 Å². The monoisotopic (exact) mass is 351 g/mol. The number of hydrogen-bond acceptors (Lipinski definition) is 5. The number of carbonyl (C=O) groups is 1.